The Morgan fingerprint density at radius 2 is 1.81 bits per heavy atom. The van der Waals surface area contributed by atoms with E-state index in [1.165, 1.54) is 6.07 Å². The van der Waals surface area contributed by atoms with Gasteiger partial charge in [-0.3, -0.25) is 10.1 Å². The van der Waals surface area contributed by atoms with Crippen molar-refractivity contribution in [1.82, 2.24) is 4.98 Å². The molecule has 0 unspecified atom stereocenters. The van der Waals surface area contributed by atoms with E-state index < -0.39 is 0 Å². The van der Waals surface area contributed by atoms with E-state index in [1.807, 2.05) is 38.1 Å². The Kier molecular flexibility index (Phi) is 6.97. The smallest absolute Gasteiger partial charge is 0.269 e. The first-order valence-corrected chi connectivity index (χ1v) is 11.0. The summed E-state index contributed by atoms with van der Waals surface area (Å²) >= 11 is 0. The summed E-state index contributed by atoms with van der Waals surface area (Å²) in [6, 6.07) is 14.7. The van der Waals surface area contributed by atoms with E-state index in [-0.39, 0.29) is 22.8 Å². The largest absolute Gasteiger partial charge is 0.441 e. The van der Waals surface area contributed by atoms with Crippen LogP contribution in [0.4, 0.5) is 5.69 Å². The molecule has 0 spiro atoms. The summed E-state index contributed by atoms with van der Waals surface area (Å²) < 4.78 is 18.1. The summed E-state index contributed by atoms with van der Waals surface area (Å²) in [7, 11) is 0. The highest BCUT2D eigenvalue weighted by molar-refractivity contribution is 5.54. The number of benzene rings is 2. The van der Waals surface area contributed by atoms with E-state index in [4.69, 9.17) is 13.9 Å². The third-order valence-corrected chi connectivity index (χ3v) is 5.80. The predicted octanol–water partition coefficient (Wildman–Crippen LogP) is 5.91. The number of nitrogens with zero attached hydrogens (tertiary/aromatic N) is 2. The highest BCUT2D eigenvalue weighted by Crippen LogP contribution is 2.27. The SMILES string of the molecule is Cc1cccc(-c2nc(CO[C@H]3CCC[C@@H](OCc4cccc([N+](=O)[O-])c4)C3)c(C)o2)c1. The monoisotopic (exact) mass is 436 g/mol. The maximum atomic E-state index is 10.9. The van der Waals surface area contributed by atoms with Gasteiger partial charge in [0.2, 0.25) is 5.89 Å². The second-order valence-electron chi connectivity index (χ2n) is 8.35. The van der Waals surface area contributed by atoms with Gasteiger partial charge in [0.15, 0.2) is 0 Å². The van der Waals surface area contributed by atoms with Gasteiger partial charge in [0.05, 0.1) is 30.3 Å². The highest BCUT2D eigenvalue weighted by atomic mass is 16.6. The normalized spacial score (nSPS) is 18.6. The van der Waals surface area contributed by atoms with Crippen LogP contribution in [-0.2, 0) is 22.7 Å². The molecule has 0 bridgehead atoms. The highest BCUT2D eigenvalue weighted by Gasteiger charge is 2.24. The first-order valence-electron chi connectivity index (χ1n) is 11.0. The van der Waals surface area contributed by atoms with Crippen molar-refractivity contribution in [3.63, 3.8) is 0 Å². The molecule has 2 atom stereocenters. The summed E-state index contributed by atoms with van der Waals surface area (Å²) in [5, 5.41) is 10.9. The third kappa shape index (κ3) is 5.60. The lowest BCUT2D eigenvalue weighted by Crippen LogP contribution is -2.28. The Morgan fingerprint density at radius 3 is 2.56 bits per heavy atom. The van der Waals surface area contributed by atoms with Crippen LogP contribution in [-0.4, -0.2) is 22.1 Å². The zero-order valence-corrected chi connectivity index (χ0v) is 18.5. The van der Waals surface area contributed by atoms with Gasteiger partial charge in [0, 0.05) is 17.7 Å². The number of nitro groups is 1. The molecule has 1 fully saturated rings. The molecule has 1 aromatic heterocycles. The van der Waals surface area contributed by atoms with Gasteiger partial charge >= 0.3 is 0 Å². The van der Waals surface area contributed by atoms with Crippen LogP contribution >= 0.6 is 0 Å². The first-order chi connectivity index (χ1) is 15.5. The fourth-order valence-electron chi connectivity index (χ4n) is 4.04. The second kappa shape index (κ2) is 10.1. The molecule has 7 heteroatoms. The fraction of sp³-hybridized carbons (Fsp3) is 0.400. The van der Waals surface area contributed by atoms with Gasteiger partial charge in [0.25, 0.3) is 5.69 Å². The Balaban J connectivity index is 1.30. The number of oxazole rings is 1. The number of non-ortho nitro benzene ring substituents is 1. The summed E-state index contributed by atoms with van der Waals surface area (Å²) in [5.41, 5.74) is 3.84. The predicted molar refractivity (Wildman–Crippen MR) is 120 cm³/mol. The average Bonchev–Trinajstić information content (AvgIpc) is 3.17. The molecule has 0 radical (unpaired) electrons. The Labute approximate surface area is 187 Å². The lowest BCUT2D eigenvalue weighted by molar-refractivity contribution is -0.385. The zero-order chi connectivity index (χ0) is 22.5. The molecule has 1 aliphatic rings. The Hall–Kier alpha value is -3.03. The molecule has 168 valence electrons. The molecule has 4 rings (SSSR count). The molecule has 0 amide bonds. The summed E-state index contributed by atoms with van der Waals surface area (Å²) in [4.78, 5) is 15.2. The van der Waals surface area contributed by atoms with Crippen LogP contribution in [0.25, 0.3) is 11.5 Å². The quantitative estimate of drug-likeness (QED) is 0.322. The number of rotatable bonds is 8. The molecule has 7 nitrogen and oxygen atoms in total. The van der Waals surface area contributed by atoms with Gasteiger partial charge in [-0.25, -0.2) is 4.98 Å². The molecular formula is C25H28N2O5. The van der Waals surface area contributed by atoms with Gasteiger partial charge in [-0.05, 0) is 57.2 Å². The van der Waals surface area contributed by atoms with Crippen LogP contribution in [0.1, 0.15) is 48.3 Å². The molecule has 0 aliphatic heterocycles. The molecule has 2 aromatic carbocycles. The molecular weight excluding hydrogens is 408 g/mol. The van der Waals surface area contributed by atoms with Gasteiger partial charge in [0.1, 0.15) is 11.5 Å². The molecule has 3 aromatic rings. The van der Waals surface area contributed by atoms with Crippen molar-refractivity contribution >= 4 is 5.69 Å². The molecule has 1 saturated carbocycles. The Morgan fingerprint density at radius 1 is 1.06 bits per heavy atom. The molecule has 32 heavy (non-hydrogen) atoms. The first kappa shape index (κ1) is 22.2. The van der Waals surface area contributed by atoms with Gasteiger partial charge < -0.3 is 13.9 Å². The summed E-state index contributed by atoms with van der Waals surface area (Å²) in [5.74, 6) is 1.39. The van der Waals surface area contributed by atoms with E-state index in [0.29, 0.717) is 19.1 Å². The molecule has 1 aliphatic carbocycles. The van der Waals surface area contributed by atoms with Gasteiger partial charge in [-0.15, -0.1) is 0 Å². The lowest BCUT2D eigenvalue weighted by atomic mass is 9.95. The molecule has 0 N–H and O–H groups in total. The van der Waals surface area contributed by atoms with E-state index in [2.05, 4.69) is 11.1 Å². The topological polar surface area (TPSA) is 87.6 Å². The average molecular weight is 437 g/mol. The number of nitro benzene ring substituents is 1. The van der Waals surface area contributed by atoms with Crippen molar-refractivity contribution in [2.75, 3.05) is 0 Å². The van der Waals surface area contributed by atoms with Crippen LogP contribution in [0.3, 0.4) is 0 Å². The lowest BCUT2D eigenvalue weighted by Gasteiger charge is -2.29. The number of ether oxygens (including phenoxy) is 2. The van der Waals surface area contributed by atoms with E-state index >= 15 is 0 Å². The number of hydrogen-bond acceptors (Lipinski definition) is 6. The van der Waals surface area contributed by atoms with Crippen molar-refractivity contribution in [3.05, 3.63) is 81.2 Å². The van der Waals surface area contributed by atoms with E-state index in [9.17, 15) is 10.1 Å². The van der Waals surface area contributed by atoms with E-state index in [1.54, 1.807) is 12.1 Å². The number of aromatic nitrogens is 1. The fourth-order valence-corrected chi connectivity index (χ4v) is 4.04. The van der Waals surface area contributed by atoms with Crippen LogP contribution < -0.4 is 0 Å². The third-order valence-electron chi connectivity index (χ3n) is 5.80. The zero-order valence-electron chi connectivity index (χ0n) is 18.5. The van der Waals surface area contributed by atoms with Gasteiger partial charge in [-0.1, -0.05) is 29.8 Å². The van der Waals surface area contributed by atoms with Crippen molar-refractivity contribution in [2.45, 2.75) is 65.0 Å². The van der Waals surface area contributed by atoms with E-state index in [0.717, 1.165) is 53.8 Å². The second-order valence-corrected chi connectivity index (χ2v) is 8.35. The van der Waals surface area contributed by atoms with Crippen LogP contribution in [0.2, 0.25) is 0 Å². The van der Waals surface area contributed by atoms with Crippen molar-refractivity contribution in [2.24, 2.45) is 0 Å². The summed E-state index contributed by atoms with van der Waals surface area (Å²) in [6.07, 6.45) is 3.95. The maximum absolute atomic E-state index is 10.9. The minimum absolute atomic E-state index is 0.0780. The van der Waals surface area contributed by atoms with Gasteiger partial charge in [-0.2, -0.15) is 0 Å². The molecule has 1 heterocycles. The molecule has 0 saturated heterocycles. The number of hydrogen-bond donors (Lipinski definition) is 0. The van der Waals surface area contributed by atoms with Crippen molar-refractivity contribution in [1.29, 1.82) is 0 Å². The van der Waals surface area contributed by atoms with Crippen molar-refractivity contribution in [3.8, 4) is 11.5 Å². The van der Waals surface area contributed by atoms with Crippen LogP contribution in [0.15, 0.2) is 52.9 Å². The minimum atomic E-state index is -0.385. The van der Waals surface area contributed by atoms with Crippen molar-refractivity contribution < 1.29 is 18.8 Å². The van der Waals surface area contributed by atoms with Crippen LogP contribution in [0, 0.1) is 24.0 Å². The van der Waals surface area contributed by atoms with Crippen LogP contribution in [0.5, 0.6) is 0 Å². The summed E-state index contributed by atoms with van der Waals surface area (Å²) in [6.45, 7) is 4.73. The Bertz CT molecular complexity index is 1080. The minimum Gasteiger partial charge on any atom is -0.441 e. The maximum Gasteiger partial charge on any atom is 0.269 e. The standard InChI is InChI=1S/C25H28N2O5/c1-17-6-3-8-20(12-17)25-26-24(18(2)32-25)16-31-23-11-5-10-22(14-23)30-15-19-7-4-9-21(13-19)27(28)29/h3-4,6-9,12-13,22-23H,5,10-11,14-16H2,1-2H3/t22-,23+/m1/s1. The number of aryl methyl sites for hydroxylation is 2.